The molecule has 3 aromatic rings. The Kier molecular flexibility index (Phi) is 7.06. The van der Waals surface area contributed by atoms with Crippen LogP contribution in [0.5, 0.6) is 0 Å². The largest absolute Gasteiger partial charge is 0.382 e. The molecule has 9 heteroatoms. The number of aromatic nitrogens is 1. The number of sulfonamides is 1. The number of benzene rings is 2. The van der Waals surface area contributed by atoms with Gasteiger partial charge >= 0.3 is 0 Å². The predicted octanol–water partition coefficient (Wildman–Crippen LogP) is 4.42. The van der Waals surface area contributed by atoms with Crippen LogP contribution in [0.3, 0.4) is 0 Å². The van der Waals surface area contributed by atoms with Gasteiger partial charge in [-0.3, -0.25) is 4.98 Å². The number of rotatable bonds is 7. The van der Waals surface area contributed by atoms with Crippen molar-refractivity contribution in [3.05, 3.63) is 60.2 Å². The molecule has 1 saturated heterocycles. The second kappa shape index (κ2) is 10.2. The van der Waals surface area contributed by atoms with Gasteiger partial charge < -0.3 is 5.32 Å². The summed E-state index contributed by atoms with van der Waals surface area (Å²) in [5.74, 6) is -0.553. The van der Waals surface area contributed by atoms with Crippen molar-refractivity contribution in [3.8, 4) is 23.3 Å². The number of nitrogens with one attached hydrogen (secondary N) is 1. The van der Waals surface area contributed by atoms with Crippen molar-refractivity contribution in [2.24, 2.45) is 0 Å². The Morgan fingerprint density at radius 1 is 1.12 bits per heavy atom. The van der Waals surface area contributed by atoms with E-state index in [1.165, 1.54) is 16.4 Å². The molecule has 1 aliphatic rings. The third kappa shape index (κ3) is 5.17. The highest BCUT2D eigenvalue weighted by molar-refractivity contribution is 7.89. The smallest absolute Gasteiger partial charge is 0.214 e. The zero-order valence-corrected chi connectivity index (χ0v) is 19.4. The lowest BCUT2D eigenvalue weighted by atomic mass is 9.98. The summed E-state index contributed by atoms with van der Waals surface area (Å²) in [6, 6.07) is 14.3. The first kappa shape index (κ1) is 23.6. The number of piperidine rings is 1. The number of fused-ring (bicyclic) bond motifs is 1. The first-order valence-electron chi connectivity index (χ1n) is 11.1. The summed E-state index contributed by atoms with van der Waals surface area (Å²) in [5.41, 5.74) is 2.43. The Labute approximate surface area is 198 Å². The summed E-state index contributed by atoms with van der Waals surface area (Å²) in [7, 11) is -3.35. The molecule has 174 valence electrons. The second-order valence-electron chi connectivity index (χ2n) is 8.32. The van der Waals surface area contributed by atoms with E-state index < -0.39 is 15.8 Å². The van der Waals surface area contributed by atoms with E-state index in [4.69, 9.17) is 5.26 Å². The van der Waals surface area contributed by atoms with Gasteiger partial charge in [-0.2, -0.15) is 10.5 Å². The SMILES string of the molecule is N#CCCCS(=O)(=O)N1CCC(Nc2cc(-c3ccc(F)c(C#N)c3)cc3ccncc23)CC1. The van der Waals surface area contributed by atoms with E-state index >= 15 is 0 Å². The highest BCUT2D eigenvalue weighted by atomic mass is 32.2. The Morgan fingerprint density at radius 2 is 1.91 bits per heavy atom. The summed E-state index contributed by atoms with van der Waals surface area (Å²) in [6.07, 6.45) is 5.37. The van der Waals surface area contributed by atoms with Crippen LogP contribution in [-0.4, -0.2) is 42.6 Å². The maximum Gasteiger partial charge on any atom is 0.214 e. The van der Waals surface area contributed by atoms with Gasteiger partial charge in [-0.15, -0.1) is 0 Å². The second-order valence-corrected chi connectivity index (χ2v) is 10.4. The molecule has 0 bridgehead atoms. The highest BCUT2D eigenvalue weighted by Crippen LogP contribution is 2.33. The molecule has 1 aromatic heterocycles. The minimum absolute atomic E-state index is 0.000632. The van der Waals surface area contributed by atoms with Gasteiger partial charge in [0, 0.05) is 49.0 Å². The van der Waals surface area contributed by atoms with E-state index in [0.29, 0.717) is 32.4 Å². The molecular formula is C25H24FN5O2S. The molecule has 2 aromatic carbocycles. The van der Waals surface area contributed by atoms with Crippen LogP contribution in [0.25, 0.3) is 21.9 Å². The third-order valence-corrected chi connectivity index (χ3v) is 8.03. The van der Waals surface area contributed by atoms with Gasteiger partial charge in [0.15, 0.2) is 0 Å². The standard InChI is InChI=1S/C25H24FN5O2S/c26-24-4-3-18(13-21(24)16-28)20-14-19-5-9-29-17-23(19)25(15-20)30-22-6-10-31(11-7-22)34(32,33)12-2-1-8-27/h3-5,9,13-15,17,22,30H,1-2,6-7,10-12H2. The van der Waals surface area contributed by atoms with Crippen LogP contribution in [0.1, 0.15) is 31.2 Å². The lowest BCUT2D eigenvalue weighted by Crippen LogP contribution is -2.43. The molecule has 1 N–H and O–H groups in total. The van der Waals surface area contributed by atoms with Crippen molar-refractivity contribution < 1.29 is 12.8 Å². The van der Waals surface area contributed by atoms with Crippen molar-refractivity contribution in [2.45, 2.75) is 31.7 Å². The number of hydrogen-bond donors (Lipinski definition) is 1. The molecule has 34 heavy (non-hydrogen) atoms. The number of unbranched alkanes of at least 4 members (excludes halogenated alkanes) is 1. The number of nitrogens with zero attached hydrogens (tertiary/aromatic N) is 4. The van der Waals surface area contributed by atoms with Gasteiger partial charge in [-0.05, 0) is 66.1 Å². The quantitative estimate of drug-likeness (QED) is 0.505. The van der Waals surface area contributed by atoms with E-state index in [0.717, 1.165) is 27.6 Å². The molecule has 0 amide bonds. The van der Waals surface area contributed by atoms with Crippen molar-refractivity contribution in [3.63, 3.8) is 0 Å². The Hall–Kier alpha value is -3.53. The minimum atomic E-state index is -3.35. The molecule has 0 aliphatic carbocycles. The molecule has 0 unspecified atom stereocenters. The Bertz CT molecular complexity index is 1390. The van der Waals surface area contributed by atoms with Crippen molar-refractivity contribution in [2.75, 3.05) is 24.2 Å². The van der Waals surface area contributed by atoms with Gasteiger partial charge in [0.25, 0.3) is 0 Å². The van der Waals surface area contributed by atoms with Crippen LogP contribution < -0.4 is 5.32 Å². The molecule has 4 rings (SSSR count). The molecule has 0 radical (unpaired) electrons. The average Bonchev–Trinajstić information content (AvgIpc) is 2.84. The molecule has 7 nitrogen and oxygen atoms in total. The molecule has 0 saturated carbocycles. The molecular weight excluding hydrogens is 453 g/mol. The maximum absolute atomic E-state index is 13.8. The van der Waals surface area contributed by atoms with E-state index in [1.54, 1.807) is 18.5 Å². The summed E-state index contributed by atoms with van der Waals surface area (Å²) < 4.78 is 40.4. The predicted molar refractivity (Wildman–Crippen MR) is 129 cm³/mol. The fourth-order valence-corrected chi connectivity index (χ4v) is 5.77. The molecule has 1 aliphatic heterocycles. The van der Waals surface area contributed by atoms with Gasteiger partial charge in [-0.1, -0.05) is 6.07 Å². The van der Waals surface area contributed by atoms with E-state index in [2.05, 4.69) is 10.3 Å². The topological polar surface area (TPSA) is 110 Å². The van der Waals surface area contributed by atoms with E-state index in [1.807, 2.05) is 30.3 Å². The minimum Gasteiger partial charge on any atom is -0.382 e. The number of halogens is 1. The average molecular weight is 478 g/mol. The van der Waals surface area contributed by atoms with Crippen LogP contribution in [-0.2, 0) is 10.0 Å². The number of anilines is 1. The van der Waals surface area contributed by atoms with Gasteiger partial charge in [0.1, 0.15) is 11.9 Å². The molecule has 1 fully saturated rings. The lowest BCUT2D eigenvalue weighted by molar-refractivity contribution is 0.329. The summed E-state index contributed by atoms with van der Waals surface area (Å²) in [6.45, 7) is 0.845. The zero-order valence-electron chi connectivity index (χ0n) is 18.5. The number of nitriles is 2. The van der Waals surface area contributed by atoms with Crippen LogP contribution in [0.15, 0.2) is 48.8 Å². The van der Waals surface area contributed by atoms with Crippen molar-refractivity contribution in [1.29, 1.82) is 10.5 Å². The van der Waals surface area contributed by atoms with E-state index in [9.17, 15) is 18.1 Å². The number of pyridine rings is 1. The first-order valence-corrected chi connectivity index (χ1v) is 12.7. The summed E-state index contributed by atoms with van der Waals surface area (Å²) in [5, 5.41) is 23.3. The highest BCUT2D eigenvalue weighted by Gasteiger charge is 2.28. The van der Waals surface area contributed by atoms with Crippen LogP contribution in [0.2, 0.25) is 0 Å². The number of hydrogen-bond acceptors (Lipinski definition) is 6. The van der Waals surface area contributed by atoms with Crippen LogP contribution >= 0.6 is 0 Å². The normalized spacial score (nSPS) is 15.0. The Balaban J connectivity index is 1.55. The monoisotopic (exact) mass is 477 g/mol. The van der Waals surface area contributed by atoms with Crippen LogP contribution in [0.4, 0.5) is 10.1 Å². The van der Waals surface area contributed by atoms with E-state index in [-0.39, 0.29) is 23.8 Å². The van der Waals surface area contributed by atoms with Gasteiger partial charge in [-0.25, -0.2) is 17.1 Å². The maximum atomic E-state index is 13.8. The van der Waals surface area contributed by atoms with Crippen LogP contribution in [0, 0.1) is 28.5 Å². The molecule has 2 heterocycles. The molecule has 0 spiro atoms. The van der Waals surface area contributed by atoms with Crippen molar-refractivity contribution in [1.82, 2.24) is 9.29 Å². The molecule has 0 atom stereocenters. The summed E-state index contributed by atoms with van der Waals surface area (Å²) in [4.78, 5) is 4.24. The first-order chi connectivity index (χ1) is 16.4. The van der Waals surface area contributed by atoms with Crippen molar-refractivity contribution >= 4 is 26.5 Å². The third-order valence-electron chi connectivity index (χ3n) is 6.07. The van der Waals surface area contributed by atoms with Gasteiger partial charge in [0.05, 0.1) is 17.4 Å². The van der Waals surface area contributed by atoms with Gasteiger partial charge in [0.2, 0.25) is 10.0 Å². The lowest BCUT2D eigenvalue weighted by Gasteiger charge is -2.32. The fraction of sp³-hybridized carbons (Fsp3) is 0.320. The Morgan fingerprint density at radius 3 is 2.65 bits per heavy atom. The zero-order chi connectivity index (χ0) is 24.1. The summed E-state index contributed by atoms with van der Waals surface area (Å²) >= 11 is 0. The fourth-order valence-electron chi connectivity index (χ4n) is 4.24.